The molecule has 4 heteroatoms. The summed E-state index contributed by atoms with van der Waals surface area (Å²) in [5.74, 6) is -0.499. The van der Waals surface area contributed by atoms with Crippen molar-refractivity contribution >= 4 is 16.9 Å². The molecular weight excluding hydrogens is 242 g/mol. The Balaban J connectivity index is 2.68. The van der Waals surface area contributed by atoms with Gasteiger partial charge in [-0.25, -0.2) is 0 Å². The van der Waals surface area contributed by atoms with Gasteiger partial charge in [0, 0.05) is 18.1 Å². The van der Waals surface area contributed by atoms with Gasteiger partial charge >= 0.3 is 5.97 Å². The molecule has 0 aliphatic carbocycles. The topological polar surface area (TPSA) is 51.5 Å². The number of aromatic nitrogens is 1. The summed E-state index contributed by atoms with van der Waals surface area (Å²) in [5.41, 5.74) is 1.79. The van der Waals surface area contributed by atoms with E-state index in [4.69, 9.17) is 4.74 Å². The van der Waals surface area contributed by atoms with Crippen LogP contribution in [-0.4, -0.2) is 22.8 Å². The molecule has 0 fully saturated rings. The number of fused-ring (bicyclic) bond motifs is 1. The van der Waals surface area contributed by atoms with Gasteiger partial charge in [0.2, 0.25) is 0 Å². The molecule has 0 amide bonds. The first-order valence-corrected chi connectivity index (χ1v) is 6.32. The van der Waals surface area contributed by atoms with Gasteiger partial charge in [0.15, 0.2) is 0 Å². The molecule has 19 heavy (non-hydrogen) atoms. The SMILES string of the molecule is COc1cccc2c1cc(C(C(=O)O)C(C)C)n2C. The molecule has 1 heterocycles. The van der Waals surface area contributed by atoms with Gasteiger partial charge in [0.25, 0.3) is 0 Å². The number of carbonyl (C=O) groups is 1. The number of ether oxygens (including phenoxy) is 1. The molecule has 2 rings (SSSR count). The van der Waals surface area contributed by atoms with E-state index in [0.29, 0.717) is 0 Å². The van der Waals surface area contributed by atoms with E-state index in [2.05, 4.69) is 0 Å². The van der Waals surface area contributed by atoms with Crippen molar-refractivity contribution in [3.8, 4) is 5.75 Å². The summed E-state index contributed by atoms with van der Waals surface area (Å²) in [6.07, 6.45) is 0. The number of hydrogen-bond acceptors (Lipinski definition) is 2. The standard InChI is InChI=1S/C15H19NO3/c1-9(2)14(15(17)18)12-8-10-11(16(12)3)6-5-7-13(10)19-4/h5-9,14H,1-4H3,(H,17,18). The van der Waals surface area contributed by atoms with Crippen molar-refractivity contribution in [2.24, 2.45) is 13.0 Å². The first-order valence-electron chi connectivity index (χ1n) is 6.32. The summed E-state index contributed by atoms with van der Waals surface area (Å²) in [5, 5.41) is 10.4. The second-order valence-corrected chi connectivity index (χ2v) is 5.08. The maximum Gasteiger partial charge on any atom is 0.312 e. The van der Waals surface area contributed by atoms with Gasteiger partial charge in [0.1, 0.15) is 5.75 Å². The van der Waals surface area contributed by atoms with E-state index >= 15 is 0 Å². The highest BCUT2D eigenvalue weighted by Gasteiger charge is 2.27. The van der Waals surface area contributed by atoms with Gasteiger partial charge in [-0.1, -0.05) is 19.9 Å². The monoisotopic (exact) mass is 261 g/mol. The fraction of sp³-hybridized carbons (Fsp3) is 0.400. The van der Waals surface area contributed by atoms with E-state index < -0.39 is 11.9 Å². The van der Waals surface area contributed by atoms with Gasteiger partial charge < -0.3 is 14.4 Å². The normalized spacial score (nSPS) is 12.9. The molecule has 1 aromatic heterocycles. The molecule has 0 spiro atoms. The molecule has 0 saturated carbocycles. The van der Waals surface area contributed by atoms with Gasteiger partial charge in [-0.2, -0.15) is 0 Å². The minimum atomic E-state index is -0.792. The molecule has 1 unspecified atom stereocenters. The maximum atomic E-state index is 11.5. The largest absolute Gasteiger partial charge is 0.496 e. The Morgan fingerprint density at radius 3 is 2.58 bits per heavy atom. The van der Waals surface area contributed by atoms with Crippen LogP contribution in [0.25, 0.3) is 10.9 Å². The smallest absolute Gasteiger partial charge is 0.312 e. The number of nitrogens with zero attached hydrogens (tertiary/aromatic N) is 1. The third-order valence-corrected chi connectivity index (χ3v) is 3.56. The number of aliphatic carboxylic acids is 1. The van der Waals surface area contributed by atoms with Crippen molar-refractivity contribution in [1.82, 2.24) is 4.57 Å². The molecule has 0 saturated heterocycles. The van der Waals surface area contributed by atoms with Crippen LogP contribution in [0, 0.1) is 5.92 Å². The van der Waals surface area contributed by atoms with Crippen molar-refractivity contribution in [3.63, 3.8) is 0 Å². The van der Waals surface area contributed by atoms with Crippen LogP contribution in [0.1, 0.15) is 25.5 Å². The second-order valence-electron chi connectivity index (χ2n) is 5.08. The van der Waals surface area contributed by atoms with Crippen LogP contribution >= 0.6 is 0 Å². The summed E-state index contributed by atoms with van der Waals surface area (Å²) < 4.78 is 7.28. The summed E-state index contributed by atoms with van der Waals surface area (Å²) >= 11 is 0. The molecule has 0 aliphatic heterocycles. The Kier molecular flexibility index (Phi) is 3.51. The van der Waals surface area contributed by atoms with Crippen LogP contribution in [0.15, 0.2) is 24.3 Å². The molecule has 4 nitrogen and oxygen atoms in total. The van der Waals surface area contributed by atoms with E-state index in [9.17, 15) is 9.90 Å². The Labute approximate surface area is 112 Å². The summed E-state index contributed by atoms with van der Waals surface area (Å²) in [4.78, 5) is 11.5. The fourth-order valence-corrected chi connectivity index (χ4v) is 2.58. The van der Waals surface area contributed by atoms with Crippen LogP contribution in [0.4, 0.5) is 0 Å². The second kappa shape index (κ2) is 4.96. The molecule has 1 atom stereocenters. The third-order valence-electron chi connectivity index (χ3n) is 3.56. The summed E-state index contributed by atoms with van der Waals surface area (Å²) in [6, 6.07) is 7.70. The zero-order valence-corrected chi connectivity index (χ0v) is 11.7. The van der Waals surface area contributed by atoms with Crippen molar-refractivity contribution in [2.45, 2.75) is 19.8 Å². The van der Waals surface area contributed by atoms with Crippen molar-refractivity contribution in [3.05, 3.63) is 30.0 Å². The molecule has 102 valence electrons. The van der Waals surface area contributed by atoms with E-state index in [1.165, 1.54) is 0 Å². The average molecular weight is 261 g/mol. The molecule has 1 N–H and O–H groups in total. The first-order chi connectivity index (χ1) is 8.97. The van der Waals surface area contributed by atoms with E-state index in [1.807, 2.05) is 49.7 Å². The molecule has 0 radical (unpaired) electrons. The van der Waals surface area contributed by atoms with Crippen LogP contribution in [0.2, 0.25) is 0 Å². The number of methoxy groups -OCH3 is 1. The van der Waals surface area contributed by atoms with E-state index in [-0.39, 0.29) is 5.92 Å². The zero-order valence-electron chi connectivity index (χ0n) is 11.7. The minimum Gasteiger partial charge on any atom is -0.496 e. The van der Waals surface area contributed by atoms with Crippen LogP contribution < -0.4 is 4.74 Å². The number of carboxylic acids is 1. The van der Waals surface area contributed by atoms with Crippen molar-refractivity contribution in [1.29, 1.82) is 0 Å². The Bertz CT molecular complexity index is 613. The van der Waals surface area contributed by atoms with E-state index in [0.717, 1.165) is 22.3 Å². The predicted molar refractivity (Wildman–Crippen MR) is 74.7 cm³/mol. The lowest BCUT2D eigenvalue weighted by Crippen LogP contribution is -2.19. The van der Waals surface area contributed by atoms with Crippen LogP contribution in [0.5, 0.6) is 5.75 Å². The molecular formula is C15H19NO3. The number of carboxylic acid groups (broad SMARTS) is 1. The Morgan fingerprint density at radius 1 is 1.37 bits per heavy atom. The number of benzene rings is 1. The molecule has 0 aliphatic rings. The van der Waals surface area contributed by atoms with Crippen LogP contribution in [-0.2, 0) is 11.8 Å². The minimum absolute atomic E-state index is 0.0338. The van der Waals surface area contributed by atoms with Gasteiger partial charge in [-0.3, -0.25) is 4.79 Å². The zero-order chi connectivity index (χ0) is 14.2. The van der Waals surface area contributed by atoms with Crippen molar-refractivity contribution in [2.75, 3.05) is 7.11 Å². The quantitative estimate of drug-likeness (QED) is 0.920. The lowest BCUT2D eigenvalue weighted by molar-refractivity contribution is -0.140. The van der Waals surface area contributed by atoms with Gasteiger partial charge in [-0.05, 0) is 24.1 Å². The Hall–Kier alpha value is -1.97. The van der Waals surface area contributed by atoms with E-state index in [1.54, 1.807) is 7.11 Å². The lowest BCUT2D eigenvalue weighted by atomic mass is 9.92. The summed E-state index contributed by atoms with van der Waals surface area (Å²) in [6.45, 7) is 3.85. The average Bonchev–Trinajstić information content (AvgIpc) is 2.66. The first kappa shape index (κ1) is 13.5. The lowest BCUT2D eigenvalue weighted by Gasteiger charge is -2.17. The number of hydrogen-bond donors (Lipinski definition) is 1. The highest BCUT2D eigenvalue weighted by molar-refractivity contribution is 5.89. The van der Waals surface area contributed by atoms with Crippen LogP contribution in [0.3, 0.4) is 0 Å². The van der Waals surface area contributed by atoms with Crippen molar-refractivity contribution < 1.29 is 14.6 Å². The Morgan fingerprint density at radius 2 is 2.05 bits per heavy atom. The molecule has 0 bridgehead atoms. The summed E-state index contributed by atoms with van der Waals surface area (Å²) in [7, 11) is 3.52. The number of rotatable bonds is 4. The number of aryl methyl sites for hydroxylation is 1. The molecule has 1 aromatic carbocycles. The highest BCUT2D eigenvalue weighted by atomic mass is 16.5. The highest BCUT2D eigenvalue weighted by Crippen LogP contribution is 2.33. The fourth-order valence-electron chi connectivity index (χ4n) is 2.58. The third kappa shape index (κ3) is 2.18. The maximum absolute atomic E-state index is 11.5. The molecule has 2 aromatic rings. The van der Waals surface area contributed by atoms with Gasteiger partial charge in [0.05, 0.1) is 18.5 Å². The predicted octanol–water partition coefficient (Wildman–Crippen LogP) is 3.01. The van der Waals surface area contributed by atoms with Gasteiger partial charge in [-0.15, -0.1) is 0 Å².